The molecular weight excluding hydrogens is 210 g/mol. The summed E-state index contributed by atoms with van der Waals surface area (Å²) in [4.78, 5) is 2.51. The molecule has 1 fully saturated rings. The minimum Gasteiger partial charge on any atom is -0.374 e. The smallest absolute Gasteiger partial charge is 0.0837 e. The number of ether oxygens (including phenoxy) is 1. The molecule has 0 radical (unpaired) electrons. The summed E-state index contributed by atoms with van der Waals surface area (Å²) < 4.78 is 5.62. The lowest BCUT2D eigenvalue weighted by molar-refractivity contribution is -0.0482. The van der Waals surface area contributed by atoms with E-state index in [1.165, 1.54) is 19.4 Å². The molecule has 1 rings (SSSR count). The molecule has 1 saturated heterocycles. The Hall–Kier alpha value is 0.210. The Morgan fingerprint density at radius 1 is 1.47 bits per heavy atom. The molecule has 0 spiro atoms. The van der Waals surface area contributed by atoms with Crippen molar-refractivity contribution in [2.75, 3.05) is 25.6 Å². The molecule has 90 valence electrons. The van der Waals surface area contributed by atoms with E-state index in [1.54, 1.807) is 0 Å². The summed E-state index contributed by atoms with van der Waals surface area (Å²) in [6.45, 7) is 9.83. The number of rotatable bonds is 5. The molecule has 0 bridgehead atoms. The van der Waals surface area contributed by atoms with Crippen molar-refractivity contribution < 1.29 is 4.74 Å². The average Bonchev–Trinajstić information content (AvgIpc) is 2.20. The highest BCUT2D eigenvalue weighted by Gasteiger charge is 2.24. The maximum Gasteiger partial charge on any atom is 0.0837 e. The highest BCUT2D eigenvalue weighted by molar-refractivity contribution is 6.18. The summed E-state index contributed by atoms with van der Waals surface area (Å²) in [6.07, 6.45) is 2.84. The van der Waals surface area contributed by atoms with Crippen molar-refractivity contribution in [3.8, 4) is 0 Å². The molecular formula is C12H24ClNO. The summed E-state index contributed by atoms with van der Waals surface area (Å²) in [5.74, 6) is 1.43. The van der Waals surface area contributed by atoms with Gasteiger partial charge in [0.25, 0.3) is 0 Å². The van der Waals surface area contributed by atoms with Crippen LogP contribution in [0.2, 0.25) is 0 Å². The first-order chi connectivity index (χ1) is 7.13. The maximum atomic E-state index is 5.83. The van der Waals surface area contributed by atoms with Crippen LogP contribution < -0.4 is 0 Å². The van der Waals surface area contributed by atoms with Crippen molar-refractivity contribution in [3.63, 3.8) is 0 Å². The molecule has 2 atom stereocenters. The van der Waals surface area contributed by atoms with E-state index in [9.17, 15) is 0 Å². The summed E-state index contributed by atoms with van der Waals surface area (Å²) in [7, 11) is 0. The number of halogens is 1. The van der Waals surface area contributed by atoms with E-state index in [0.29, 0.717) is 11.9 Å². The van der Waals surface area contributed by atoms with Crippen molar-refractivity contribution in [1.29, 1.82) is 0 Å². The van der Waals surface area contributed by atoms with Crippen molar-refractivity contribution >= 4 is 11.6 Å². The largest absolute Gasteiger partial charge is 0.374 e. The van der Waals surface area contributed by atoms with Gasteiger partial charge in [-0.15, -0.1) is 11.6 Å². The normalized spacial score (nSPS) is 28.6. The van der Waals surface area contributed by atoms with Gasteiger partial charge in [-0.25, -0.2) is 0 Å². The molecule has 0 aromatic rings. The van der Waals surface area contributed by atoms with E-state index in [4.69, 9.17) is 16.3 Å². The zero-order valence-electron chi connectivity index (χ0n) is 10.2. The van der Waals surface area contributed by atoms with E-state index >= 15 is 0 Å². The molecule has 15 heavy (non-hydrogen) atoms. The maximum absolute atomic E-state index is 5.83. The second-order valence-electron chi connectivity index (χ2n) is 4.99. The van der Waals surface area contributed by atoms with Gasteiger partial charge in [0.15, 0.2) is 0 Å². The molecule has 2 unspecified atom stereocenters. The Morgan fingerprint density at radius 3 is 2.80 bits per heavy atom. The van der Waals surface area contributed by atoms with Crippen LogP contribution in [-0.4, -0.2) is 42.6 Å². The van der Waals surface area contributed by atoms with Crippen molar-refractivity contribution in [2.45, 2.75) is 45.8 Å². The van der Waals surface area contributed by atoms with Crippen molar-refractivity contribution in [2.24, 2.45) is 5.92 Å². The van der Waals surface area contributed by atoms with Gasteiger partial charge in [0, 0.05) is 18.5 Å². The lowest BCUT2D eigenvalue weighted by Gasteiger charge is -2.37. The first-order valence-corrected chi connectivity index (χ1v) is 6.58. The molecule has 0 aliphatic carbocycles. The molecule has 0 aromatic carbocycles. The van der Waals surface area contributed by atoms with E-state index in [1.807, 2.05) is 0 Å². The first kappa shape index (κ1) is 13.3. The zero-order valence-corrected chi connectivity index (χ0v) is 11.0. The van der Waals surface area contributed by atoms with Crippen LogP contribution in [0.1, 0.15) is 33.6 Å². The van der Waals surface area contributed by atoms with Crippen molar-refractivity contribution in [1.82, 2.24) is 4.90 Å². The van der Waals surface area contributed by atoms with Gasteiger partial charge >= 0.3 is 0 Å². The Balaban J connectivity index is 2.25. The fourth-order valence-corrected chi connectivity index (χ4v) is 2.17. The summed E-state index contributed by atoms with van der Waals surface area (Å²) in [5, 5.41) is 0. The van der Waals surface area contributed by atoms with E-state index in [-0.39, 0.29) is 6.10 Å². The lowest BCUT2D eigenvalue weighted by atomic mass is 10.1. The molecule has 0 amide bonds. The SMILES string of the molecule is CC(C)CCCN1CC(CCl)OCC1C. The number of nitrogens with zero attached hydrogens (tertiary/aromatic N) is 1. The van der Waals surface area contributed by atoms with E-state index in [0.717, 1.165) is 19.1 Å². The fourth-order valence-electron chi connectivity index (χ4n) is 1.98. The van der Waals surface area contributed by atoms with Crippen LogP contribution in [0.5, 0.6) is 0 Å². The quantitative estimate of drug-likeness (QED) is 0.678. The standard InChI is InChI=1S/C12H24ClNO/c1-10(2)5-4-6-14-8-12(7-13)15-9-11(14)3/h10-12H,4-9H2,1-3H3. The van der Waals surface area contributed by atoms with Crippen LogP contribution in [0.4, 0.5) is 0 Å². The van der Waals surface area contributed by atoms with Gasteiger partial charge in [0.1, 0.15) is 0 Å². The summed E-state index contributed by atoms with van der Waals surface area (Å²) in [6, 6.07) is 0.552. The minimum atomic E-state index is 0.238. The first-order valence-electron chi connectivity index (χ1n) is 6.05. The van der Waals surface area contributed by atoms with Crippen LogP contribution in [0, 0.1) is 5.92 Å². The summed E-state index contributed by atoms with van der Waals surface area (Å²) >= 11 is 5.83. The van der Waals surface area contributed by atoms with Crippen LogP contribution in [0.25, 0.3) is 0 Å². The third-order valence-corrected chi connectivity index (χ3v) is 3.38. The van der Waals surface area contributed by atoms with Gasteiger partial charge in [-0.05, 0) is 32.2 Å². The second-order valence-corrected chi connectivity index (χ2v) is 5.30. The van der Waals surface area contributed by atoms with Crippen LogP contribution in [0.15, 0.2) is 0 Å². The summed E-state index contributed by atoms with van der Waals surface area (Å²) in [5.41, 5.74) is 0. The van der Waals surface area contributed by atoms with Gasteiger partial charge in [-0.3, -0.25) is 4.90 Å². The molecule has 1 aliphatic heterocycles. The highest BCUT2D eigenvalue weighted by Crippen LogP contribution is 2.14. The molecule has 1 heterocycles. The predicted octanol–water partition coefficient (Wildman–Crippen LogP) is 2.75. The Bertz CT molecular complexity index is 175. The van der Waals surface area contributed by atoms with Gasteiger partial charge in [-0.2, -0.15) is 0 Å². The molecule has 3 heteroatoms. The van der Waals surface area contributed by atoms with Gasteiger partial charge in [0.2, 0.25) is 0 Å². The third-order valence-electron chi connectivity index (χ3n) is 3.03. The zero-order chi connectivity index (χ0) is 11.3. The van der Waals surface area contributed by atoms with E-state index < -0.39 is 0 Å². The molecule has 0 saturated carbocycles. The topological polar surface area (TPSA) is 12.5 Å². The fraction of sp³-hybridized carbons (Fsp3) is 1.00. The van der Waals surface area contributed by atoms with Gasteiger partial charge in [-0.1, -0.05) is 13.8 Å². The van der Waals surface area contributed by atoms with E-state index in [2.05, 4.69) is 25.7 Å². The third kappa shape index (κ3) is 4.71. The lowest BCUT2D eigenvalue weighted by Crippen LogP contribution is -2.49. The Kier molecular flexibility index (Phi) is 5.95. The Labute approximate surface area is 98.9 Å². The highest BCUT2D eigenvalue weighted by atomic mass is 35.5. The minimum absolute atomic E-state index is 0.238. The van der Waals surface area contributed by atoms with Crippen LogP contribution in [-0.2, 0) is 4.74 Å². The number of morpholine rings is 1. The molecule has 0 N–H and O–H groups in total. The average molecular weight is 234 g/mol. The molecule has 2 nitrogen and oxygen atoms in total. The van der Waals surface area contributed by atoms with Crippen molar-refractivity contribution in [3.05, 3.63) is 0 Å². The predicted molar refractivity (Wildman–Crippen MR) is 65.6 cm³/mol. The molecule has 1 aliphatic rings. The Morgan fingerprint density at radius 2 is 2.20 bits per heavy atom. The van der Waals surface area contributed by atoms with Gasteiger partial charge in [0.05, 0.1) is 12.7 Å². The monoisotopic (exact) mass is 233 g/mol. The number of hydrogen-bond donors (Lipinski definition) is 0. The molecule has 0 aromatic heterocycles. The second kappa shape index (κ2) is 6.72. The van der Waals surface area contributed by atoms with Gasteiger partial charge < -0.3 is 4.74 Å². The number of alkyl halides is 1. The van der Waals surface area contributed by atoms with Crippen LogP contribution in [0.3, 0.4) is 0 Å². The number of hydrogen-bond acceptors (Lipinski definition) is 2. The van der Waals surface area contributed by atoms with Crippen LogP contribution >= 0.6 is 11.6 Å².